The summed E-state index contributed by atoms with van der Waals surface area (Å²) in [6, 6.07) is 10.1. The van der Waals surface area contributed by atoms with Gasteiger partial charge in [-0.2, -0.15) is 0 Å². The summed E-state index contributed by atoms with van der Waals surface area (Å²) in [4.78, 5) is 16.5. The molecule has 2 rings (SSSR count). The molecule has 1 fully saturated rings. The summed E-state index contributed by atoms with van der Waals surface area (Å²) in [5, 5.41) is 14.6. The molecule has 128 valence electrons. The van der Waals surface area contributed by atoms with Crippen LogP contribution in [0.4, 0.5) is 10.5 Å². The molecule has 1 aromatic rings. The van der Waals surface area contributed by atoms with E-state index in [1.54, 1.807) is 6.92 Å². The average Bonchev–Trinajstić information content (AvgIpc) is 2.56. The predicted octanol–water partition coefficient (Wildman–Crippen LogP) is 0.877. The summed E-state index contributed by atoms with van der Waals surface area (Å²) >= 11 is 0. The molecule has 0 unspecified atom stereocenters. The summed E-state index contributed by atoms with van der Waals surface area (Å²) in [5.41, 5.74) is 1.27. The molecule has 23 heavy (non-hydrogen) atoms. The van der Waals surface area contributed by atoms with E-state index >= 15 is 0 Å². The minimum atomic E-state index is -0.225. The van der Waals surface area contributed by atoms with Gasteiger partial charge in [-0.3, -0.25) is 4.90 Å². The molecule has 2 amide bonds. The number of nitrogens with one attached hydrogen (secondary N) is 2. The van der Waals surface area contributed by atoms with E-state index < -0.39 is 0 Å². The van der Waals surface area contributed by atoms with E-state index in [0.717, 1.165) is 32.7 Å². The van der Waals surface area contributed by atoms with E-state index in [2.05, 4.69) is 44.7 Å². The molecule has 1 aromatic carbocycles. The number of amides is 2. The second-order valence-electron chi connectivity index (χ2n) is 6.23. The molecule has 0 bridgehead atoms. The SMILES string of the molecule is C[C@@H](CO)NC(=O)N[C@@H](C)CN1CCN(c2ccccc2)CC1. The number of nitrogens with zero attached hydrogens (tertiary/aromatic N) is 2. The van der Waals surface area contributed by atoms with Gasteiger partial charge in [0.1, 0.15) is 0 Å². The number of aliphatic hydroxyl groups excluding tert-OH is 1. The first-order valence-corrected chi connectivity index (χ1v) is 8.28. The number of carbonyl (C=O) groups excluding carboxylic acids is 1. The number of hydrogen-bond donors (Lipinski definition) is 3. The highest BCUT2D eigenvalue weighted by molar-refractivity contribution is 5.74. The molecule has 1 aliphatic heterocycles. The van der Waals surface area contributed by atoms with Crippen LogP contribution in [0, 0.1) is 0 Å². The minimum absolute atomic E-state index is 0.0523. The number of piperazine rings is 1. The van der Waals surface area contributed by atoms with Crippen molar-refractivity contribution >= 4 is 11.7 Å². The number of benzene rings is 1. The van der Waals surface area contributed by atoms with Crippen molar-refractivity contribution in [3.05, 3.63) is 30.3 Å². The van der Waals surface area contributed by atoms with Crippen molar-refractivity contribution < 1.29 is 9.90 Å². The number of rotatable bonds is 6. The maximum absolute atomic E-state index is 11.7. The van der Waals surface area contributed by atoms with Gasteiger partial charge in [-0.1, -0.05) is 18.2 Å². The first-order valence-electron chi connectivity index (χ1n) is 8.28. The van der Waals surface area contributed by atoms with Crippen LogP contribution in [-0.4, -0.2) is 67.5 Å². The van der Waals surface area contributed by atoms with E-state index in [1.165, 1.54) is 5.69 Å². The van der Waals surface area contributed by atoms with Crippen LogP contribution < -0.4 is 15.5 Å². The lowest BCUT2D eigenvalue weighted by atomic mass is 10.2. The standard InChI is InChI=1S/C17H28N4O2/c1-14(18-17(23)19-15(2)13-22)12-20-8-10-21(11-9-20)16-6-4-3-5-7-16/h3-7,14-15,22H,8-13H2,1-2H3,(H2,18,19,23)/t14-,15-/m0/s1. The summed E-state index contributed by atoms with van der Waals surface area (Å²) in [6.07, 6.45) is 0. The maximum atomic E-state index is 11.7. The van der Waals surface area contributed by atoms with Gasteiger partial charge in [-0.25, -0.2) is 4.79 Å². The van der Waals surface area contributed by atoms with Crippen molar-refractivity contribution in [3.63, 3.8) is 0 Å². The van der Waals surface area contributed by atoms with Gasteiger partial charge in [-0.15, -0.1) is 0 Å². The van der Waals surface area contributed by atoms with E-state index in [4.69, 9.17) is 5.11 Å². The van der Waals surface area contributed by atoms with Crippen LogP contribution >= 0.6 is 0 Å². The van der Waals surface area contributed by atoms with Crippen molar-refractivity contribution in [2.24, 2.45) is 0 Å². The molecule has 3 N–H and O–H groups in total. The number of aliphatic hydroxyl groups is 1. The Labute approximate surface area is 138 Å². The van der Waals surface area contributed by atoms with Crippen LogP contribution in [-0.2, 0) is 0 Å². The van der Waals surface area contributed by atoms with E-state index in [-0.39, 0.29) is 24.7 Å². The third kappa shape index (κ3) is 5.73. The van der Waals surface area contributed by atoms with Gasteiger partial charge in [0.2, 0.25) is 0 Å². The summed E-state index contributed by atoms with van der Waals surface area (Å²) in [7, 11) is 0. The fraction of sp³-hybridized carbons (Fsp3) is 0.588. The Morgan fingerprint density at radius 1 is 1.09 bits per heavy atom. The second-order valence-corrected chi connectivity index (χ2v) is 6.23. The third-order valence-corrected chi connectivity index (χ3v) is 4.05. The van der Waals surface area contributed by atoms with Gasteiger partial charge in [0.15, 0.2) is 0 Å². The quantitative estimate of drug-likeness (QED) is 0.728. The highest BCUT2D eigenvalue weighted by Crippen LogP contribution is 2.15. The van der Waals surface area contributed by atoms with Crippen LogP contribution in [0.2, 0.25) is 0 Å². The average molecular weight is 320 g/mol. The lowest BCUT2D eigenvalue weighted by Crippen LogP contribution is -2.53. The van der Waals surface area contributed by atoms with Crippen LogP contribution in [0.1, 0.15) is 13.8 Å². The number of carbonyl (C=O) groups is 1. The van der Waals surface area contributed by atoms with Gasteiger partial charge in [0.25, 0.3) is 0 Å². The molecule has 0 saturated carbocycles. The van der Waals surface area contributed by atoms with Crippen molar-refractivity contribution in [2.45, 2.75) is 25.9 Å². The number of anilines is 1. The largest absolute Gasteiger partial charge is 0.394 e. The summed E-state index contributed by atoms with van der Waals surface area (Å²) in [6.45, 7) is 8.56. The summed E-state index contributed by atoms with van der Waals surface area (Å²) < 4.78 is 0. The number of urea groups is 1. The zero-order chi connectivity index (χ0) is 16.7. The molecule has 1 aliphatic rings. The molecule has 6 heteroatoms. The minimum Gasteiger partial charge on any atom is -0.394 e. The van der Waals surface area contributed by atoms with Crippen molar-refractivity contribution in [3.8, 4) is 0 Å². The molecule has 6 nitrogen and oxygen atoms in total. The van der Waals surface area contributed by atoms with Gasteiger partial charge in [0, 0.05) is 44.5 Å². The van der Waals surface area contributed by atoms with Crippen LogP contribution in [0.3, 0.4) is 0 Å². The van der Waals surface area contributed by atoms with Crippen molar-refractivity contribution in [1.29, 1.82) is 0 Å². The van der Waals surface area contributed by atoms with E-state index in [9.17, 15) is 4.79 Å². The van der Waals surface area contributed by atoms with Crippen LogP contribution in [0.15, 0.2) is 30.3 Å². The third-order valence-electron chi connectivity index (χ3n) is 4.05. The van der Waals surface area contributed by atoms with E-state index in [0.29, 0.717) is 0 Å². The Hall–Kier alpha value is -1.79. The van der Waals surface area contributed by atoms with Crippen LogP contribution in [0.25, 0.3) is 0 Å². The second kappa shape index (κ2) is 8.74. The Morgan fingerprint density at radius 3 is 2.30 bits per heavy atom. The fourth-order valence-electron chi connectivity index (χ4n) is 2.80. The first-order chi connectivity index (χ1) is 11.1. The lowest BCUT2D eigenvalue weighted by Gasteiger charge is -2.37. The van der Waals surface area contributed by atoms with E-state index in [1.807, 2.05) is 13.0 Å². The Bertz CT molecular complexity index is 475. The molecule has 1 saturated heterocycles. The predicted molar refractivity (Wildman–Crippen MR) is 92.8 cm³/mol. The molecule has 0 spiro atoms. The van der Waals surface area contributed by atoms with Gasteiger partial charge < -0.3 is 20.6 Å². The van der Waals surface area contributed by atoms with Crippen molar-refractivity contribution in [1.82, 2.24) is 15.5 Å². The fourth-order valence-corrected chi connectivity index (χ4v) is 2.80. The summed E-state index contributed by atoms with van der Waals surface area (Å²) in [5.74, 6) is 0. The zero-order valence-electron chi connectivity index (χ0n) is 14.0. The molecule has 0 aliphatic carbocycles. The molecule has 2 atom stereocenters. The smallest absolute Gasteiger partial charge is 0.315 e. The van der Waals surface area contributed by atoms with Gasteiger partial charge in [-0.05, 0) is 26.0 Å². The van der Waals surface area contributed by atoms with Crippen LogP contribution in [0.5, 0.6) is 0 Å². The molecular formula is C17H28N4O2. The zero-order valence-corrected chi connectivity index (χ0v) is 14.0. The highest BCUT2D eigenvalue weighted by Gasteiger charge is 2.19. The van der Waals surface area contributed by atoms with Gasteiger partial charge in [0.05, 0.1) is 12.6 Å². The Morgan fingerprint density at radius 2 is 1.70 bits per heavy atom. The Balaban J connectivity index is 1.70. The molecule has 0 aromatic heterocycles. The van der Waals surface area contributed by atoms with Crippen molar-refractivity contribution in [2.75, 3.05) is 44.2 Å². The number of hydrogen-bond acceptors (Lipinski definition) is 4. The molecular weight excluding hydrogens is 292 g/mol. The monoisotopic (exact) mass is 320 g/mol. The normalized spacial score (nSPS) is 18.3. The topological polar surface area (TPSA) is 67.8 Å². The Kier molecular flexibility index (Phi) is 6.67. The lowest BCUT2D eigenvalue weighted by molar-refractivity contribution is 0.207. The molecule has 1 heterocycles. The van der Waals surface area contributed by atoms with Gasteiger partial charge >= 0.3 is 6.03 Å². The highest BCUT2D eigenvalue weighted by atomic mass is 16.3. The first kappa shape index (κ1) is 17.6. The number of para-hydroxylation sites is 1. The molecule has 0 radical (unpaired) electrons. The maximum Gasteiger partial charge on any atom is 0.315 e.